The Hall–Kier alpha value is 0.134. The van der Waals surface area contributed by atoms with Crippen LogP contribution in [0.25, 0.3) is 0 Å². The average molecular weight is 369 g/mol. The van der Waals surface area contributed by atoms with Crippen molar-refractivity contribution in [1.29, 1.82) is 0 Å². The van der Waals surface area contributed by atoms with E-state index in [1.54, 1.807) is 0 Å². The number of unbranched alkanes of at least 4 members (excludes halogenated alkanes) is 6. The molecule has 1 aliphatic rings. The molecule has 1 unspecified atom stereocenters. The van der Waals surface area contributed by atoms with Gasteiger partial charge in [-0.3, -0.25) is 0 Å². The summed E-state index contributed by atoms with van der Waals surface area (Å²) in [5.74, 6) is 0. The largest absolute Gasteiger partial charge is 0.413 e. The number of rotatable bonds is 12. The summed E-state index contributed by atoms with van der Waals surface area (Å²) in [7, 11) is -2.62. The number of hydrogen-bond donors (Lipinski definition) is 0. The second-order valence-electron chi connectivity index (χ2n) is 7.87. The molecular formula is C21H44OSi2. The fraction of sp³-hybridized carbons (Fsp3) is 0.905. The molecule has 0 aromatic carbocycles. The molecule has 1 rings (SSSR count). The summed E-state index contributed by atoms with van der Waals surface area (Å²) in [4.78, 5) is 0. The molecule has 1 fully saturated rings. The third-order valence-corrected chi connectivity index (χ3v) is 26.9. The van der Waals surface area contributed by atoms with E-state index in [1.165, 1.54) is 81.6 Å². The molecule has 0 aromatic heterocycles. The Morgan fingerprint density at radius 2 is 1.46 bits per heavy atom. The Bertz CT molecular complexity index is 346. The predicted molar refractivity (Wildman–Crippen MR) is 115 cm³/mol. The molecule has 3 heteroatoms. The van der Waals surface area contributed by atoms with E-state index in [9.17, 15) is 0 Å². The van der Waals surface area contributed by atoms with Crippen LogP contribution in [0.3, 0.4) is 0 Å². The van der Waals surface area contributed by atoms with Crippen molar-refractivity contribution < 1.29 is 4.43 Å². The van der Waals surface area contributed by atoms with Crippen LogP contribution < -0.4 is 0 Å². The fourth-order valence-electron chi connectivity index (χ4n) is 4.96. The highest BCUT2D eigenvalue weighted by Gasteiger charge is 2.55. The molecule has 1 aliphatic heterocycles. The topological polar surface area (TPSA) is 9.23 Å². The minimum absolute atomic E-state index is 0.440. The third kappa shape index (κ3) is 5.57. The van der Waals surface area contributed by atoms with E-state index in [1.807, 2.05) is 0 Å². The van der Waals surface area contributed by atoms with Crippen molar-refractivity contribution in [3.05, 3.63) is 12.2 Å². The van der Waals surface area contributed by atoms with Gasteiger partial charge in [-0.15, -0.1) is 0 Å². The first-order valence-corrected chi connectivity index (χ1v) is 16.9. The van der Waals surface area contributed by atoms with E-state index < -0.39 is 15.4 Å². The first-order valence-electron chi connectivity index (χ1n) is 11.0. The molecule has 24 heavy (non-hydrogen) atoms. The van der Waals surface area contributed by atoms with Crippen molar-refractivity contribution in [2.75, 3.05) is 0 Å². The molecule has 1 saturated heterocycles. The maximum absolute atomic E-state index is 6.94. The van der Waals surface area contributed by atoms with Crippen LogP contribution in [0.1, 0.15) is 86.0 Å². The molecule has 142 valence electrons. The van der Waals surface area contributed by atoms with Crippen LogP contribution in [0.5, 0.6) is 0 Å². The van der Waals surface area contributed by atoms with Gasteiger partial charge in [0, 0.05) is 0 Å². The van der Waals surface area contributed by atoms with Crippen molar-refractivity contribution >= 4 is 15.4 Å². The fourth-order valence-corrected chi connectivity index (χ4v) is 23.5. The monoisotopic (exact) mass is 368 g/mol. The molecule has 0 saturated carbocycles. The normalized spacial score (nSPS) is 23.0. The van der Waals surface area contributed by atoms with Crippen LogP contribution >= 0.6 is 0 Å². The maximum Gasteiger partial charge on any atom is 0.180 e. The van der Waals surface area contributed by atoms with E-state index in [-0.39, 0.29) is 0 Å². The van der Waals surface area contributed by atoms with E-state index in [2.05, 4.69) is 46.8 Å². The van der Waals surface area contributed by atoms with Gasteiger partial charge in [0.2, 0.25) is 0 Å². The Kier molecular flexibility index (Phi) is 10.8. The number of hydrogen-bond acceptors (Lipinski definition) is 1. The number of allylic oxidation sites excluding steroid dienone is 1. The maximum atomic E-state index is 6.94. The van der Waals surface area contributed by atoms with Gasteiger partial charge < -0.3 is 4.43 Å². The smallest absolute Gasteiger partial charge is 0.180 e. The Balaban J connectivity index is 2.47. The summed E-state index contributed by atoms with van der Waals surface area (Å²) in [6.45, 7) is 12.1. The standard InChI is InChI=1S/C21H44OSi2/c1-6-11-12-13-14-15-16-17-18-21-19-20-23(7-2,8-3)24(9-4,10-5)22-21/h17-18,21H,6-16,19-20H2,1-5H3. The lowest BCUT2D eigenvalue weighted by Gasteiger charge is -2.51. The lowest BCUT2D eigenvalue weighted by atomic mass is 10.1. The second-order valence-corrected chi connectivity index (χ2v) is 21.9. The van der Waals surface area contributed by atoms with E-state index in [0.717, 1.165) is 0 Å². The summed E-state index contributed by atoms with van der Waals surface area (Å²) < 4.78 is 6.94. The SMILES string of the molecule is CCCCCCCCC=CC1CC[Si](CC)(CC)[Si](CC)(CC)O1. The van der Waals surface area contributed by atoms with Crippen molar-refractivity contribution in [3.8, 4) is 0 Å². The van der Waals surface area contributed by atoms with Crippen molar-refractivity contribution in [2.24, 2.45) is 0 Å². The predicted octanol–water partition coefficient (Wildman–Crippen LogP) is 7.63. The minimum Gasteiger partial charge on any atom is -0.413 e. The molecule has 0 aliphatic carbocycles. The molecule has 0 N–H and O–H groups in total. The van der Waals surface area contributed by atoms with Crippen LogP contribution in [0.15, 0.2) is 12.2 Å². The van der Waals surface area contributed by atoms with Gasteiger partial charge in [-0.05, 0) is 31.4 Å². The average Bonchev–Trinajstić information content (AvgIpc) is 2.63. The van der Waals surface area contributed by atoms with Gasteiger partial charge in [-0.2, -0.15) is 0 Å². The summed E-state index contributed by atoms with van der Waals surface area (Å²) in [5, 5.41) is 0. The molecule has 0 radical (unpaired) electrons. The Morgan fingerprint density at radius 1 is 0.833 bits per heavy atom. The summed E-state index contributed by atoms with van der Waals surface area (Å²) in [6, 6.07) is 7.12. The van der Waals surface area contributed by atoms with Gasteiger partial charge >= 0.3 is 0 Å². The molecule has 0 bridgehead atoms. The first kappa shape index (κ1) is 22.2. The second kappa shape index (κ2) is 11.7. The van der Waals surface area contributed by atoms with Crippen LogP contribution in [0, 0.1) is 0 Å². The lowest BCUT2D eigenvalue weighted by Crippen LogP contribution is -2.67. The van der Waals surface area contributed by atoms with Gasteiger partial charge in [-0.25, -0.2) is 0 Å². The van der Waals surface area contributed by atoms with Crippen LogP contribution in [-0.2, 0) is 4.43 Å². The highest BCUT2D eigenvalue weighted by Crippen LogP contribution is 2.43. The summed E-state index contributed by atoms with van der Waals surface area (Å²) in [6.07, 6.45) is 16.2. The van der Waals surface area contributed by atoms with Crippen LogP contribution in [0.4, 0.5) is 0 Å². The van der Waals surface area contributed by atoms with Gasteiger partial charge in [0.1, 0.15) is 0 Å². The van der Waals surface area contributed by atoms with Gasteiger partial charge in [0.25, 0.3) is 0 Å². The van der Waals surface area contributed by atoms with Crippen molar-refractivity contribution in [3.63, 3.8) is 0 Å². The molecule has 0 spiro atoms. The van der Waals surface area contributed by atoms with Crippen molar-refractivity contribution in [1.82, 2.24) is 0 Å². The first-order chi connectivity index (χ1) is 11.6. The van der Waals surface area contributed by atoms with E-state index >= 15 is 0 Å². The zero-order chi connectivity index (χ0) is 17.9. The van der Waals surface area contributed by atoms with Crippen molar-refractivity contribution in [2.45, 2.75) is 122 Å². The van der Waals surface area contributed by atoms with Crippen LogP contribution in [0.2, 0.25) is 30.2 Å². The molecular weight excluding hydrogens is 324 g/mol. The van der Waals surface area contributed by atoms with Crippen LogP contribution in [-0.4, -0.2) is 21.5 Å². The Morgan fingerprint density at radius 3 is 2.04 bits per heavy atom. The minimum atomic E-state index is -1.48. The molecule has 1 nitrogen and oxygen atoms in total. The Labute approximate surface area is 154 Å². The molecule has 0 amide bonds. The lowest BCUT2D eigenvalue weighted by molar-refractivity contribution is 0.227. The van der Waals surface area contributed by atoms with Gasteiger partial charge in [-0.1, -0.05) is 97.0 Å². The van der Waals surface area contributed by atoms with Gasteiger partial charge in [0.15, 0.2) is 7.83 Å². The zero-order valence-electron chi connectivity index (χ0n) is 17.3. The summed E-state index contributed by atoms with van der Waals surface area (Å²) in [5.41, 5.74) is 0. The van der Waals surface area contributed by atoms with Gasteiger partial charge in [0.05, 0.1) is 13.7 Å². The molecule has 0 aromatic rings. The van der Waals surface area contributed by atoms with E-state index in [0.29, 0.717) is 6.10 Å². The zero-order valence-corrected chi connectivity index (χ0v) is 19.3. The quantitative estimate of drug-likeness (QED) is 0.195. The third-order valence-electron chi connectivity index (χ3n) is 6.82. The highest BCUT2D eigenvalue weighted by atomic mass is 29.3. The molecule has 1 heterocycles. The van der Waals surface area contributed by atoms with E-state index in [4.69, 9.17) is 4.43 Å². The highest BCUT2D eigenvalue weighted by molar-refractivity contribution is 7.40. The molecule has 1 atom stereocenters. The summed E-state index contributed by atoms with van der Waals surface area (Å²) >= 11 is 0.